The Hall–Kier alpha value is -0.720. The summed E-state index contributed by atoms with van der Waals surface area (Å²) < 4.78 is 0.987. The molecule has 0 bridgehead atoms. The van der Waals surface area contributed by atoms with Crippen molar-refractivity contribution < 1.29 is 9.90 Å². The van der Waals surface area contributed by atoms with E-state index in [-0.39, 0.29) is 5.78 Å². The van der Waals surface area contributed by atoms with Crippen molar-refractivity contribution in [3.05, 3.63) is 55.6 Å². The topological polar surface area (TPSA) is 40.5 Å². The van der Waals surface area contributed by atoms with Crippen molar-refractivity contribution in [3.63, 3.8) is 0 Å². The second-order valence-electron chi connectivity index (χ2n) is 6.65. The lowest BCUT2D eigenvalue weighted by Crippen LogP contribution is -2.46. The molecule has 1 aliphatic heterocycles. The fourth-order valence-corrected chi connectivity index (χ4v) is 4.68. The number of halogens is 2. The Morgan fingerprint density at radius 3 is 2.48 bits per heavy atom. The zero-order valence-electron chi connectivity index (χ0n) is 13.9. The predicted octanol–water partition coefficient (Wildman–Crippen LogP) is 4.81. The molecule has 3 nitrogen and oxygen atoms in total. The van der Waals surface area contributed by atoms with Crippen molar-refractivity contribution in [2.45, 2.75) is 31.3 Å². The minimum absolute atomic E-state index is 0.192. The minimum Gasteiger partial charge on any atom is -0.389 e. The van der Waals surface area contributed by atoms with Crippen LogP contribution >= 0.6 is 38.9 Å². The third-order valence-electron chi connectivity index (χ3n) is 4.74. The summed E-state index contributed by atoms with van der Waals surface area (Å²) in [6, 6.07) is 11.5. The van der Waals surface area contributed by atoms with Crippen LogP contribution in [0.15, 0.2) is 40.2 Å². The minimum atomic E-state index is -0.660. The van der Waals surface area contributed by atoms with Crippen LogP contribution in [0.5, 0.6) is 0 Å². The van der Waals surface area contributed by atoms with Gasteiger partial charge in [0.05, 0.1) is 14.3 Å². The Kier molecular flexibility index (Phi) is 6.34. The van der Waals surface area contributed by atoms with Gasteiger partial charge in [0.1, 0.15) is 0 Å². The van der Waals surface area contributed by atoms with Gasteiger partial charge in [0, 0.05) is 37.5 Å². The van der Waals surface area contributed by atoms with Crippen LogP contribution in [-0.2, 0) is 6.42 Å². The molecule has 3 rings (SSSR count). The summed E-state index contributed by atoms with van der Waals surface area (Å²) in [7, 11) is 0. The number of aliphatic hydroxyl groups is 1. The van der Waals surface area contributed by atoms with Crippen LogP contribution in [0.3, 0.4) is 0 Å². The van der Waals surface area contributed by atoms with Gasteiger partial charge >= 0.3 is 0 Å². The zero-order valence-corrected chi connectivity index (χ0v) is 17.0. The summed E-state index contributed by atoms with van der Waals surface area (Å²) in [5, 5.41) is 11.6. The maximum absolute atomic E-state index is 12.2. The summed E-state index contributed by atoms with van der Waals surface area (Å²) in [5.41, 5.74) is 0.450. The molecule has 1 fully saturated rings. The van der Waals surface area contributed by atoms with E-state index in [4.69, 9.17) is 11.6 Å². The second-order valence-corrected chi connectivity index (χ2v) is 9.55. The van der Waals surface area contributed by atoms with E-state index >= 15 is 0 Å². The molecule has 2 heterocycles. The number of likely N-dealkylation sites (tertiary alicyclic amines) is 1. The molecule has 0 aliphatic carbocycles. The van der Waals surface area contributed by atoms with E-state index in [0.717, 1.165) is 46.7 Å². The number of piperidine rings is 1. The first-order valence-electron chi connectivity index (χ1n) is 8.41. The molecule has 1 saturated heterocycles. The number of hydrogen-bond acceptors (Lipinski definition) is 4. The Bertz CT molecular complexity index is 723. The SMILES string of the molecule is O=C(CCN1CCC(O)(Cc2ccc(Cl)cc2)CC1)c1ccc(Br)s1. The maximum atomic E-state index is 12.2. The Labute approximate surface area is 165 Å². The first-order valence-corrected chi connectivity index (χ1v) is 10.4. The van der Waals surface area contributed by atoms with Gasteiger partial charge in [-0.1, -0.05) is 23.7 Å². The van der Waals surface area contributed by atoms with Gasteiger partial charge in [-0.15, -0.1) is 11.3 Å². The highest BCUT2D eigenvalue weighted by molar-refractivity contribution is 9.11. The number of thiophene rings is 1. The van der Waals surface area contributed by atoms with E-state index in [2.05, 4.69) is 20.8 Å². The third-order valence-corrected chi connectivity index (χ3v) is 6.65. The first kappa shape index (κ1) is 19.1. The van der Waals surface area contributed by atoms with Crippen LogP contribution in [-0.4, -0.2) is 41.0 Å². The molecule has 1 aromatic heterocycles. The van der Waals surface area contributed by atoms with Crippen LogP contribution in [0.4, 0.5) is 0 Å². The van der Waals surface area contributed by atoms with Gasteiger partial charge in [-0.3, -0.25) is 4.79 Å². The molecule has 0 unspecified atom stereocenters. The normalized spacial score (nSPS) is 17.6. The molecule has 1 aromatic carbocycles. The van der Waals surface area contributed by atoms with Crippen LogP contribution in [0, 0.1) is 0 Å². The van der Waals surface area contributed by atoms with Crippen LogP contribution in [0.1, 0.15) is 34.5 Å². The molecule has 0 radical (unpaired) electrons. The Morgan fingerprint density at radius 2 is 1.88 bits per heavy atom. The molecule has 134 valence electrons. The maximum Gasteiger partial charge on any atom is 0.174 e. The number of ketones is 1. The van der Waals surface area contributed by atoms with E-state index in [1.807, 2.05) is 36.4 Å². The highest BCUT2D eigenvalue weighted by Crippen LogP contribution is 2.28. The molecule has 25 heavy (non-hydrogen) atoms. The van der Waals surface area contributed by atoms with Gasteiger partial charge in [0.15, 0.2) is 5.78 Å². The molecule has 0 atom stereocenters. The summed E-state index contributed by atoms with van der Waals surface area (Å²) in [5.74, 6) is 0.192. The van der Waals surface area contributed by atoms with E-state index in [0.29, 0.717) is 17.9 Å². The number of hydrogen-bond donors (Lipinski definition) is 1. The van der Waals surface area contributed by atoms with Gasteiger partial charge in [-0.25, -0.2) is 0 Å². The lowest BCUT2D eigenvalue weighted by atomic mass is 9.85. The van der Waals surface area contributed by atoms with E-state index in [1.54, 1.807) is 0 Å². The molecule has 0 amide bonds. The molecular weight excluding hydrogens is 422 g/mol. The number of rotatable bonds is 6. The Morgan fingerprint density at radius 1 is 1.20 bits per heavy atom. The molecular formula is C19H21BrClNO2S. The molecule has 1 N–H and O–H groups in total. The van der Waals surface area contributed by atoms with Crippen molar-refractivity contribution in [1.82, 2.24) is 4.90 Å². The number of carbonyl (C=O) groups excluding carboxylic acids is 1. The summed E-state index contributed by atoms with van der Waals surface area (Å²) in [4.78, 5) is 15.3. The molecule has 0 saturated carbocycles. The van der Waals surface area contributed by atoms with Crippen LogP contribution in [0.25, 0.3) is 0 Å². The van der Waals surface area contributed by atoms with Crippen molar-refractivity contribution in [2.24, 2.45) is 0 Å². The van der Waals surface area contributed by atoms with Gasteiger partial charge < -0.3 is 10.0 Å². The smallest absolute Gasteiger partial charge is 0.174 e. The van der Waals surface area contributed by atoms with E-state index < -0.39 is 5.60 Å². The fraction of sp³-hybridized carbons (Fsp3) is 0.421. The quantitative estimate of drug-likeness (QED) is 0.653. The highest BCUT2D eigenvalue weighted by Gasteiger charge is 2.32. The van der Waals surface area contributed by atoms with E-state index in [9.17, 15) is 9.90 Å². The van der Waals surface area contributed by atoms with Crippen molar-refractivity contribution in [1.29, 1.82) is 0 Å². The van der Waals surface area contributed by atoms with E-state index in [1.165, 1.54) is 11.3 Å². The molecule has 2 aromatic rings. The average molecular weight is 443 g/mol. The van der Waals surface area contributed by atoms with Crippen molar-refractivity contribution >= 4 is 44.7 Å². The first-order chi connectivity index (χ1) is 11.9. The highest BCUT2D eigenvalue weighted by atomic mass is 79.9. The Balaban J connectivity index is 1.46. The zero-order chi connectivity index (χ0) is 17.9. The third kappa shape index (κ3) is 5.38. The van der Waals surface area contributed by atoms with Gasteiger partial charge in [-0.05, 0) is 58.6 Å². The number of carbonyl (C=O) groups is 1. The second kappa shape index (κ2) is 8.31. The lowest BCUT2D eigenvalue weighted by molar-refractivity contribution is -0.0203. The molecule has 6 heteroatoms. The number of Topliss-reactive ketones (excluding diaryl/α,β-unsaturated/α-hetero) is 1. The van der Waals surface area contributed by atoms with Crippen molar-refractivity contribution in [2.75, 3.05) is 19.6 Å². The summed E-state index contributed by atoms with van der Waals surface area (Å²) in [6.07, 6.45) is 2.64. The molecule has 0 spiro atoms. The molecule has 1 aliphatic rings. The monoisotopic (exact) mass is 441 g/mol. The van der Waals surface area contributed by atoms with Crippen LogP contribution < -0.4 is 0 Å². The van der Waals surface area contributed by atoms with Gasteiger partial charge in [0.25, 0.3) is 0 Å². The fourth-order valence-electron chi connectivity index (χ4n) is 3.20. The largest absolute Gasteiger partial charge is 0.389 e. The summed E-state index contributed by atoms with van der Waals surface area (Å²) >= 11 is 10.8. The summed E-state index contributed by atoms with van der Waals surface area (Å²) in [6.45, 7) is 2.41. The van der Waals surface area contributed by atoms with Gasteiger partial charge in [0.2, 0.25) is 0 Å². The lowest BCUT2D eigenvalue weighted by Gasteiger charge is -2.38. The van der Waals surface area contributed by atoms with Crippen molar-refractivity contribution in [3.8, 4) is 0 Å². The van der Waals surface area contributed by atoms with Gasteiger partial charge in [-0.2, -0.15) is 0 Å². The predicted molar refractivity (Wildman–Crippen MR) is 107 cm³/mol. The average Bonchev–Trinajstić information content (AvgIpc) is 3.03. The number of benzene rings is 1. The standard InChI is InChI=1S/C19H21BrClNO2S/c20-18-6-5-17(25-18)16(23)7-10-22-11-8-19(24,9-12-22)13-14-1-3-15(21)4-2-14/h1-6,24H,7-13H2. The number of nitrogens with zero attached hydrogens (tertiary/aromatic N) is 1. The van der Waals surface area contributed by atoms with Crippen LogP contribution in [0.2, 0.25) is 5.02 Å².